The fourth-order valence-electron chi connectivity index (χ4n) is 6.75. The van der Waals surface area contributed by atoms with Crippen molar-refractivity contribution < 1.29 is 19.2 Å². The second kappa shape index (κ2) is 11.3. The van der Waals surface area contributed by atoms with Gasteiger partial charge in [0.25, 0.3) is 11.8 Å². The zero-order valence-electron chi connectivity index (χ0n) is 24.0. The lowest BCUT2D eigenvalue weighted by Gasteiger charge is -2.33. The van der Waals surface area contributed by atoms with Crippen LogP contribution in [0.15, 0.2) is 65.3 Å². The van der Waals surface area contributed by atoms with Gasteiger partial charge in [0.05, 0.1) is 11.3 Å². The molecule has 1 unspecified atom stereocenters. The third kappa shape index (κ3) is 5.20. The molecule has 1 aromatic heterocycles. The van der Waals surface area contributed by atoms with Crippen molar-refractivity contribution in [3.8, 4) is 5.69 Å². The number of halogens is 1. The third-order valence-corrected chi connectivity index (χ3v) is 9.76. The molecule has 0 spiro atoms. The molecule has 3 aliphatic rings. The van der Waals surface area contributed by atoms with Crippen LogP contribution in [0.5, 0.6) is 0 Å². The number of carbonyl (C=O) groups excluding carboxylic acids is 4. The van der Waals surface area contributed by atoms with E-state index in [2.05, 4.69) is 61.6 Å². The third-order valence-electron chi connectivity index (χ3n) is 9.02. The van der Waals surface area contributed by atoms with Crippen LogP contribution in [0.1, 0.15) is 69.0 Å². The normalized spacial score (nSPS) is 20.7. The molecule has 0 radical (unpaired) electrons. The van der Waals surface area contributed by atoms with Gasteiger partial charge >= 0.3 is 0 Å². The van der Waals surface area contributed by atoms with Gasteiger partial charge in [-0.3, -0.25) is 29.4 Å². The number of nitrogens with zero attached hydrogens (tertiary/aromatic N) is 4. The number of fused-ring (bicyclic) bond motifs is 2. The van der Waals surface area contributed by atoms with Crippen molar-refractivity contribution in [3.63, 3.8) is 0 Å². The number of primary amides is 1. The molecule has 3 aliphatic heterocycles. The highest BCUT2D eigenvalue weighted by Crippen LogP contribution is 2.34. The monoisotopic (exact) mass is 654 g/mol. The van der Waals surface area contributed by atoms with Gasteiger partial charge in [-0.25, -0.2) is 4.68 Å². The van der Waals surface area contributed by atoms with E-state index in [-0.39, 0.29) is 18.2 Å². The lowest BCUT2D eigenvalue weighted by atomic mass is 9.90. The van der Waals surface area contributed by atoms with E-state index in [1.54, 1.807) is 15.6 Å². The summed E-state index contributed by atoms with van der Waals surface area (Å²) in [6.07, 6.45) is 4.68. The van der Waals surface area contributed by atoms with Crippen LogP contribution in [0.3, 0.4) is 0 Å². The van der Waals surface area contributed by atoms with E-state index in [9.17, 15) is 19.2 Å². The van der Waals surface area contributed by atoms with Gasteiger partial charge in [0.2, 0.25) is 11.8 Å². The molecule has 11 heteroatoms. The Bertz CT molecular complexity index is 1830. The summed E-state index contributed by atoms with van der Waals surface area (Å²) in [5, 5.41) is 7.85. The number of imide groups is 1. The SMILES string of the molecule is NC(=O)c1cccc2cn(-c3ccc([C@@H]4CCCN(Cc5cc6c(cc5Br)C(=O)N(C5CCC(=O)NC5=O)C6)C4)cc3)nc12. The first-order valence-corrected chi connectivity index (χ1v) is 15.6. The highest BCUT2D eigenvalue weighted by Gasteiger charge is 2.39. The van der Waals surface area contributed by atoms with Crippen molar-refractivity contribution in [2.75, 3.05) is 13.1 Å². The zero-order chi connectivity index (χ0) is 30.5. The summed E-state index contributed by atoms with van der Waals surface area (Å²) >= 11 is 3.70. The minimum atomic E-state index is -0.621. The summed E-state index contributed by atoms with van der Waals surface area (Å²) in [5.74, 6) is -0.964. The Hall–Kier alpha value is -4.35. The maximum atomic E-state index is 13.2. The average Bonchev–Trinajstić information content (AvgIpc) is 3.59. The van der Waals surface area contributed by atoms with Crippen molar-refractivity contribution in [3.05, 3.63) is 93.1 Å². The largest absolute Gasteiger partial charge is 0.366 e. The summed E-state index contributed by atoms with van der Waals surface area (Å²) in [7, 11) is 0. The molecule has 4 aromatic rings. The molecule has 2 fully saturated rings. The standard InChI is InChI=1S/C33H31BrN6O4/c34-27-14-26-22(17-39(33(26)44)28-10-11-29(41)36-32(28)43)13-23(27)16-38-12-2-4-20(15-38)19-6-8-24(9-7-19)40-18-21-3-1-5-25(31(35)42)30(21)37-40/h1,3,5-9,13-14,18,20,28H,2,4,10-12,15-17H2,(H2,35,42)(H,36,41,43)/t20-,28?/m1/s1. The second-order valence-electron chi connectivity index (χ2n) is 11.8. The first-order valence-electron chi connectivity index (χ1n) is 14.8. The van der Waals surface area contributed by atoms with E-state index in [0.29, 0.717) is 35.5 Å². The molecule has 7 rings (SSSR count). The van der Waals surface area contributed by atoms with E-state index < -0.39 is 17.9 Å². The number of piperidine rings is 2. The number of benzene rings is 3. The Morgan fingerprint density at radius 2 is 1.89 bits per heavy atom. The number of nitrogens with one attached hydrogen (secondary N) is 1. The fourth-order valence-corrected chi connectivity index (χ4v) is 7.22. The van der Waals surface area contributed by atoms with E-state index in [0.717, 1.165) is 59.1 Å². The van der Waals surface area contributed by atoms with Crippen molar-refractivity contribution in [1.29, 1.82) is 0 Å². The highest BCUT2D eigenvalue weighted by atomic mass is 79.9. The molecule has 0 aliphatic carbocycles. The molecule has 224 valence electrons. The lowest BCUT2D eigenvalue weighted by molar-refractivity contribution is -0.136. The van der Waals surface area contributed by atoms with E-state index in [4.69, 9.17) is 5.73 Å². The van der Waals surface area contributed by atoms with Crippen molar-refractivity contribution in [2.45, 2.75) is 50.7 Å². The van der Waals surface area contributed by atoms with Gasteiger partial charge < -0.3 is 10.6 Å². The molecule has 3 aromatic carbocycles. The molecule has 3 N–H and O–H groups in total. The Balaban J connectivity index is 1.04. The molecular formula is C33H31BrN6O4. The minimum Gasteiger partial charge on any atom is -0.366 e. The fraction of sp³-hybridized carbons (Fsp3) is 0.303. The number of rotatable bonds is 6. The second-order valence-corrected chi connectivity index (χ2v) is 12.7. The molecule has 44 heavy (non-hydrogen) atoms. The van der Waals surface area contributed by atoms with E-state index in [1.165, 1.54) is 5.56 Å². The first-order chi connectivity index (χ1) is 21.2. The molecule has 2 atom stereocenters. The van der Waals surface area contributed by atoms with Crippen molar-refractivity contribution in [1.82, 2.24) is 24.9 Å². The smallest absolute Gasteiger partial charge is 0.255 e. The van der Waals surface area contributed by atoms with Crippen molar-refractivity contribution >= 4 is 50.5 Å². The topological polar surface area (TPSA) is 131 Å². The van der Waals surface area contributed by atoms with Crippen LogP contribution in [0.2, 0.25) is 0 Å². The van der Waals surface area contributed by atoms with Crippen LogP contribution in [0.4, 0.5) is 0 Å². The molecule has 0 saturated carbocycles. The van der Waals surface area contributed by atoms with E-state index >= 15 is 0 Å². The maximum absolute atomic E-state index is 13.2. The number of nitrogens with two attached hydrogens (primary N) is 1. The van der Waals surface area contributed by atoms with Gasteiger partial charge in [-0.1, -0.05) is 46.3 Å². The number of carbonyl (C=O) groups is 4. The highest BCUT2D eigenvalue weighted by molar-refractivity contribution is 9.10. The maximum Gasteiger partial charge on any atom is 0.255 e. The van der Waals surface area contributed by atoms with Gasteiger partial charge in [0.15, 0.2) is 0 Å². The van der Waals surface area contributed by atoms with Gasteiger partial charge in [-0.05, 0) is 72.7 Å². The first kappa shape index (κ1) is 28.4. The molecule has 10 nitrogen and oxygen atoms in total. The quantitative estimate of drug-likeness (QED) is 0.302. The number of hydrogen-bond acceptors (Lipinski definition) is 6. The Morgan fingerprint density at radius 3 is 2.66 bits per heavy atom. The number of amides is 4. The summed E-state index contributed by atoms with van der Waals surface area (Å²) < 4.78 is 2.67. The molecular weight excluding hydrogens is 624 g/mol. The van der Waals surface area contributed by atoms with Crippen LogP contribution >= 0.6 is 15.9 Å². The average molecular weight is 656 g/mol. The number of hydrogen-bond donors (Lipinski definition) is 2. The number of aromatic nitrogens is 2. The summed E-state index contributed by atoms with van der Waals surface area (Å²) in [4.78, 5) is 53.1. The summed E-state index contributed by atoms with van der Waals surface area (Å²) in [5.41, 5.74) is 11.4. The molecule has 4 amide bonds. The van der Waals surface area contributed by atoms with Crippen LogP contribution in [-0.4, -0.2) is 62.3 Å². The number of likely N-dealkylation sites (tertiary alicyclic amines) is 1. The lowest BCUT2D eigenvalue weighted by Crippen LogP contribution is -2.52. The Kier molecular flexibility index (Phi) is 7.30. The van der Waals surface area contributed by atoms with E-state index in [1.807, 2.05) is 24.4 Å². The zero-order valence-corrected chi connectivity index (χ0v) is 25.5. The van der Waals surface area contributed by atoms with Crippen LogP contribution in [0.25, 0.3) is 16.6 Å². The van der Waals surface area contributed by atoms with Crippen LogP contribution < -0.4 is 11.1 Å². The van der Waals surface area contributed by atoms with Gasteiger partial charge in [0, 0.05) is 47.7 Å². The molecule has 4 heterocycles. The van der Waals surface area contributed by atoms with Crippen LogP contribution in [-0.2, 0) is 22.7 Å². The Labute approximate surface area is 262 Å². The van der Waals surface area contributed by atoms with Gasteiger partial charge in [0.1, 0.15) is 11.6 Å². The van der Waals surface area contributed by atoms with Gasteiger partial charge in [-0.2, -0.15) is 5.10 Å². The predicted molar refractivity (Wildman–Crippen MR) is 167 cm³/mol. The minimum absolute atomic E-state index is 0.167. The Morgan fingerprint density at radius 1 is 1.07 bits per heavy atom. The van der Waals surface area contributed by atoms with Crippen molar-refractivity contribution in [2.24, 2.45) is 5.73 Å². The predicted octanol–water partition coefficient (Wildman–Crippen LogP) is 4.03. The summed E-state index contributed by atoms with van der Waals surface area (Å²) in [6, 6.07) is 17.2. The van der Waals surface area contributed by atoms with Crippen LogP contribution in [0, 0.1) is 0 Å². The molecule has 0 bridgehead atoms. The molecule has 2 saturated heterocycles. The summed E-state index contributed by atoms with van der Waals surface area (Å²) in [6.45, 7) is 3.02. The van der Waals surface area contributed by atoms with Gasteiger partial charge in [-0.15, -0.1) is 0 Å².